The molecule has 22 heavy (non-hydrogen) atoms. The zero-order chi connectivity index (χ0) is 15.5. The Kier molecular flexibility index (Phi) is 4.22. The number of benzene rings is 1. The Labute approximate surface area is 135 Å². The maximum Gasteiger partial charge on any atom is 0.340 e. The van der Waals surface area contributed by atoms with Gasteiger partial charge >= 0.3 is 5.97 Å². The fourth-order valence-electron chi connectivity index (χ4n) is 1.80. The van der Waals surface area contributed by atoms with Gasteiger partial charge in [0.15, 0.2) is 6.10 Å². The lowest BCUT2D eigenvalue weighted by molar-refractivity contribution is 0.0280. The van der Waals surface area contributed by atoms with Crippen LogP contribution in [0.15, 0.2) is 46.2 Å². The van der Waals surface area contributed by atoms with Crippen molar-refractivity contribution in [2.24, 2.45) is 0 Å². The molecule has 5 nitrogen and oxygen atoms in total. The Morgan fingerprint density at radius 3 is 2.82 bits per heavy atom. The number of rotatable bonds is 4. The van der Waals surface area contributed by atoms with Crippen molar-refractivity contribution < 1.29 is 13.9 Å². The largest absolute Gasteiger partial charge is 0.449 e. The summed E-state index contributed by atoms with van der Waals surface area (Å²) in [7, 11) is 0. The third-order valence-electron chi connectivity index (χ3n) is 2.90. The van der Waals surface area contributed by atoms with Crippen LogP contribution >= 0.6 is 22.9 Å². The molecule has 0 saturated heterocycles. The molecular formula is C15H11ClN2O3S. The molecule has 0 N–H and O–H groups in total. The third kappa shape index (κ3) is 3.03. The number of ether oxygens (including phenoxy) is 1. The highest BCUT2D eigenvalue weighted by Gasteiger charge is 2.21. The summed E-state index contributed by atoms with van der Waals surface area (Å²) in [6.07, 6.45) is -0.662. The molecule has 2 aromatic heterocycles. The van der Waals surface area contributed by atoms with Crippen LogP contribution in [0.2, 0.25) is 5.02 Å². The van der Waals surface area contributed by atoms with E-state index in [2.05, 4.69) is 10.2 Å². The van der Waals surface area contributed by atoms with Crippen LogP contribution in [0.5, 0.6) is 0 Å². The number of hydrogen-bond acceptors (Lipinski definition) is 6. The fourth-order valence-corrected chi connectivity index (χ4v) is 2.66. The Hall–Kier alpha value is -2.18. The molecule has 7 heteroatoms. The molecule has 0 saturated carbocycles. The van der Waals surface area contributed by atoms with Crippen molar-refractivity contribution in [2.45, 2.75) is 13.0 Å². The minimum absolute atomic E-state index is 0.240. The van der Waals surface area contributed by atoms with Crippen LogP contribution < -0.4 is 0 Å². The molecule has 0 fully saturated rings. The van der Waals surface area contributed by atoms with Gasteiger partial charge in [-0.1, -0.05) is 29.8 Å². The van der Waals surface area contributed by atoms with Crippen molar-refractivity contribution in [1.82, 2.24) is 10.2 Å². The van der Waals surface area contributed by atoms with Gasteiger partial charge < -0.3 is 9.15 Å². The van der Waals surface area contributed by atoms with E-state index in [1.54, 1.807) is 31.2 Å². The van der Waals surface area contributed by atoms with Crippen LogP contribution in [0.1, 0.15) is 29.3 Å². The zero-order valence-electron chi connectivity index (χ0n) is 11.5. The lowest BCUT2D eigenvalue weighted by atomic mass is 10.2. The summed E-state index contributed by atoms with van der Waals surface area (Å²) in [6, 6.07) is 10.5. The second-order valence-electron chi connectivity index (χ2n) is 4.45. The number of nitrogens with zero attached hydrogens (tertiary/aromatic N) is 2. The smallest absolute Gasteiger partial charge is 0.340 e. The Bertz CT molecular complexity index is 786. The first kappa shape index (κ1) is 14.7. The molecule has 0 radical (unpaired) electrons. The van der Waals surface area contributed by atoms with Crippen LogP contribution in [0.3, 0.4) is 0 Å². The summed E-state index contributed by atoms with van der Waals surface area (Å²) < 4.78 is 10.9. The van der Waals surface area contributed by atoms with E-state index in [0.29, 0.717) is 16.5 Å². The van der Waals surface area contributed by atoms with Gasteiger partial charge in [-0.25, -0.2) is 4.79 Å². The normalized spacial score (nSPS) is 12.1. The van der Waals surface area contributed by atoms with Crippen molar-refractivity contribution in [3.8, 4) is 10.8 Å². The molecule has 2 heterocycles. The van der Waals surface area contributed by atoms with Gasteiger partial charge in [-0.05, 0) is 30.5 Å². The van der Waals surface area contributed by atoms with E-state index in [1.165, 1.54) is 11.3 Å². The highest BCUT2D eigenvalue weighted by Crippen LogP contribution is 2.26. The summed E-state index contributed by atoms with van der Waals surface area (Å²) in [5.74, 6) is 0.114. The van der Waals surface area contributed by atoms with E-state index in [4.69, 9.17) is 20.8 Å². The molecule has 0 unspecified atom stereocenters. The Morgan fingerprint density at radius 2 is 2.09 bits per heavy atom. The van der Waals surface area contributed by atoms with Crippen LogP contribution in [-0.4, -0.2) is 16.2 Å². The average Bonchev–Trinajstić information content (AvgIpc) is 3.18. The van der Waals surface area contributed by atoms with Crippen molar-refractivity contribution in [2.75, 3.05) is 0 Å². The maximum atomic E-state index is 12.1. The standard InChI is InChI=1S/C15H11ClN2O3S/c1-9(20-15(19)10-5-2-3-6-11(10)16)13-17-18-14(21-13)12-7-4-8-22-12/h2-9H,1H3/t9-/m1/s1. The van der Waals surface area contributed by atoms with Crippen molar-refractivity contribution in [3.63, 3.8) is 0 Å². The maximum absolute atomic E-state index is 12.1. The second kappa shape index (κ2) is 6.29. The topological polar surface area (TPSA) is 65.2 Å². The highest BCUT2D eigenvalue weighted by molar-refractivity contribution is 7.13. The summed E-state index contributed by atoms with van der Waals surface area (Å²) in [4.78, 5) is 13.0. The van der Waals surface area contributed by atoms with Gasteiger partial charge in [-0.3, -0.25) is 0 Å². The zero-order valence-corrected chi connectivity index (χ0v) is 13.1. The minimum atomic E-state index is -0.662. The number of hydrogen-bond donors (Lipinski definition) is 0. The van der Waals surface area contributed by atoms with E-state index in [1.807, 2.05) is 17.5 Å². The first-order chi connectivity index (χ1) is 10.6. The van der Waals surface area contributed by atoms with E-state index >= 15 is 0 Å². The van der Waals surface area contributed by atoms with Crippen molar-refractivity contribution in [1.29, 1.82) is 0 Å². The van der Waals surface area contributed by atoms with Gasteiger partial charge in [0, 0.05) is 0 Å². The first-order valence-corrected chi connectivity index (χ1v) is 7.73. The third-order valence-corrected chi connectivity index (χ3v) is 4.09. The number of carbonyl (C=O) groups excluding carboxylic acids is 1. The van der Waals surface area contributed by atoms with E-state index < -0.39 is 12.1 Å². The van der Waals surface area contributed by atoms with Crippen molar-refractivity contribution in [3.05, 3.63) is 58.3 Å². The molecule has 112 valence electrons. The molecule has 0 aliphatic rings. The number of halogens is 1. The van der Waals surface area contributed by atoms with Gasteiger partial charge in [0.1, 0.15) is 0 Å². The molecule has 0 aliphatic carbocycles. The summed E-state index contributed by atoms with van der Waals surface area (Å²) in [5, 5.41) is 10.1. The SMILES string of the molecule is C[C@@H](OC(=O)c1ccccc1Cl)c1nnc(-c2cccs2)o1. The quantitative estimate of drug-likeness (QED) is 0.663. The second-order valence-corrected chi connectivity index (χ2v) is 5.81. The fraction of sp³-hybridized carbons (Fsp3) is 0.133. The van der Waals surface area contributed by atoms with Crippen LogP contribution in [0, 0.1) is 0 Å². The number of esters is 1. The van der Waals surface area contributed by atoms with Gasteiger partial charge in [0.05, 0.1) is 15.5 Å². The first-order valence-electron chi connectivity index (χ1n) is 6.48. The van der Waals surface area contributed by atoms with Gasteiger partial charge in [-0.15, -0.1) is 21.5 Å². The predicted molar refractivity (Wildman–Crippen MR) is 82.9 cm³/mol. The number of aromatic nitrogens is 2. The molecule has 3 aromatic rings. The monoisotopic (exact) mass is 334 g/mol. The lowest BCUT2D eigenvalue weighted by Crippen LogP contribution is -2.10. The number of carbonyl (C=O) groups is 1. The minimum Gasteiger partial charge on any atom is -0.449 e. The van der Waals surface area contributed by atoms with Gasteiger partial charge in [0.2, 0.25) is 0 Å². The molecule has 0 amide bonds. The van der Waals surface area contributed by atoms with Gasteiger partial charge in [0.25, 0.3) is 11.8 Å². The number of thiophene rings is 1. The summed E-state index contributed by atoms with van der Waals surface area (Å²) in [5.41, 5.74) is 0.300. The van der Waals surface area contributed by atoms with E-state index in [-0.39, 0.29) is 5.89 Å². The molecule has 0 aliphatic heterocycles. The van der Waals surface area contributed by atoms with E-state index in [9.17, 15) is 4.79 Å². The Balaban J connectivity index is 1.74. The molecule has 0 bridgehead atoms. The van der Waals surface area contributed by atoms with Gasteiger partial charge in [-0.2, -0.15) is 0 Å². The summed E-state index contributed by atoms with van der Waals surface area (Å²) >= 11 is 7.46. The van der Waals surface area contributed by atoms with E-state index in [0.717, 1.165) is 4.88 Å². The Morgan fingerprint density at radius 1 is 1.27 bits per heavy atom. The molecule has 0 spiro atoms. The predicted octanol–water partition coefficient (Wildman–Crippen LogP) is 4.37. The summed E-state index contributed by atoms with van der Waals surface area (Å²) in [6.45, 7) is 1.67. The van der Waals surface area contributed by atoms with Crippen LogP contribution in [0.4, 0.5) is 0 Å². The molecule has 3 rings (SSSR count). The van der Waals surface area contributed by atoms with Crippen LogP contribution in [0.25, 0.3) is 10.8 Å². The van der Waals surface area contributed by atoms with Crippen molar-refractivity contribution >= 4 is 28.9 Å². The van der Waals surface area contributed by atoms with Crippen LogP contribution in [-0.2, 0) is 4.74 Å². The molecular weight excluding hydrogens is 324 g/mol. The average molecular weight is 335 g/mol. The lowest BCUT2D eigenvalue weighted by Gasteiger charge is -2.10. The molecule has 1 atom stereocenters. The molecule has 1 aromatic carbocycles. The highest BCUT2D eigenvalue weighted by atomic mass is 35.5.